The van der Waals surface area contributed by atoms with Crippen LogP contribution in [0.15, 0.2) is 24.8 Å². The van der Waals surface area contributed by atoms with E-state index in [-0.39, 0.29) is 12.1 Å². The van der Waals surface area contributed by atoms with Gasteiger partial charge in [0.05, 0.1) is 0 Å². The topological polar surface area (TPSA) is 26.3 Å². The number of ether oxygens (including phenoxy) is 1. The summed E-state index contributed by atoms with van der Waals surface area (Å²) < 4.78 is 5.64. The first-order valence-electron chi connectivity index (χ1n) is 8.24. The van der Waals surface area contributed by atoms with Crippen LogP contribution in [-0.2, 0) is 9.53 Å². The van der Waals surface area contributed by atoms with Gasteiger partial charge in [-0.05, 0) is 67.1 Å². The van der Waals surface area contributed by atoms with E-state index < -0.39 is 0 Å². The first kappa shape index (κ1) is 12.7. The third-order valence-electron chi connectivity index (χ3n) is 6.64. The molecule has 0 spiro atoms. The van der Waals surface area contributed by atoms with Crippen molar-refractivity contribution in [2.45, 2.75) is 38.7 Å². The molecule has 8 unspecified atom stereocenters. The van der Waals surface area contributed by atoms with Gasteiger partial charge in [-0.1, -0.05) is 25.7 Å². The molecule has 0 N–H and O–H groups in total. The normalized spacial score (nSPS) is 48.4. The highest BCUT2D eigenvalue weighted by Crippen LogP contribution is 2.67. The fraction of sp³-hybridized carbons (Fsp3) is 0.722. The van der Waals surface area contributed by atoms with Crippen molar-refractivity contribution in [2.75, 3.05) is 0 Å². The Bertz CT molecular complexity index is 466. The van der Waals surface area contributed by atoms with Crippen molar-refractivity contribution in [3.63, 3.8) is 0 Å². The summed E-state index contributed by atoms with van der Waals surface area (Å²) in [6, 6.07) is 0. The molecule has 3 saturated carbocycles. The third-order valence-corrected chi connectivity index (χ3v) is 6.64. The number of allylic oxidation sites excluding steroid dienone is 2. The number of hydrogen-bond donors (Lipinski definition) is 0. The molecule has 4 aliphatic rings. The van der Waals surface area contributed by atoms with Crippen molar-refractivity contribution < 1.29 is 9.53 Å². The molecule has 20 heavy (non-hydrogen) atoms. The van der Waals surface area contributed by atoms with Crippen LogP contribution < -0.4 is 0 Å². The lowest BCUT2D eigenvalue weighted by atomic mass is 9.68. The van der Waals surface area contributed by atoms with Gasteiger partial charge in [0.2, 0.25) is 0 Å². The predicted octanol–water partition coefficient (Wildman–Crippen LogP) is 3.59. The Morgan fingerprint density at radius 1 is 1.30 bits per heavy atom. The van der Waals surface area contributed by atoms with Gasteiger partial charge >= 0.3 is 5.97 Å². The number of rotatable bonds is 4. The van der Waals surface area contributed by atoms with Gasteiger partial charge in [-0.15, -0.1) is 0 Å². The monoisotopic (exact) mass is 272 g/mol. The Balaban J connectivity index is 1.53. The van der Waals surface area contributed by atoms with Gasteiger partial charge < -0.3 is 4.74 Å². The maximum atomic E-state index is 11.5. The molecular weight excluding hydrogens is 248 g/mol. The average molecular weight is 272 g/mol. The molecule has 2 nitrogen and oxygen atoms in total. The average Bonchev–Trinajstić information content (AvgIpc) is 3.20. The molecule has 0 aromatic heterocycles. The Labute approximate surface area is 121 Å². The lowest BCUT2D eigenvalue weighted by Gasteiger charge is -2.39. The molecule has 3 fully saturated rings. The van der Waals surface area contributed by atoms with E-state index in [1.165, 1.54) is 25.3 Å². The molecule has 0 aromatic carbocycles. The maximum Gasteiger partial charge on any atom is 0.330 e. The molecule has 0 saturated heterocycles. The standard InChI is InChI=1S/C18H24O2/c1-3-15(20-16(19)4-2)13-8-12-9-14(13)18-11-6-5-10(7-11)17(12)18/h4-6,10-15,17-18H,2-3,7-9H2,1H3. The summed E-state index contributed by atoms with van der Waals surface area (Å²) in [7, 11) is 0. The highest BCUT2D eigenvalue weighted by atomic mass is 16.5. The Kier molecular flexibility index (Phi) is 2.84. The van der Waals surface area contributed by atoms with E-state index in [1.54, 1.807) is 0 Å². The lowest BCUT2D eigenvalue weighted by molar-refractivity contribution is -0.148. The van der Waals surface area contributed by atoms with Gasteiger partial charge in [0.15, 0.2) is 0 Å². The van der Waals surface area contributed by atoms with Crippen LogP contribution in [0.25, 0.3) is 0 Å². The number of carbonyl (C=O) groups is 1. The van der Waals surface area contributed by atoms with Crippen molar-refractivity contribution in [1.29, 1.82) is 0 Å². The second-order valence-electron chi connectivity index (χ2n) is 7.25. The van der Waals surface area contributed by atoms with Crippen LogP contribution in [0.4, 0.5) is 0 Å². The molecule has 0 aromatic rings. The van der Waals surface area contributed by atoms with Crippen LogP contribution in [-0.4, -0.2) is 12.1 Å². The zero-order valence-electron chi connectivity index (χ0n) is 12.2. The highest BCUT2D eigenvalue weighted by molar-refractivity contribution is 5.81. The summed E-state index contributed by atoms with van der Waals surface area (Å²) in [5, 5.41) is 0. The van der Waals surface area contributed by atoms with Crippen LogP contribution in [0.1, 0.15) is 32.6 Å². The van der Waals surface area contributed by atoms with E-state index in [2.05, 4.69) is 25.7 Å². The molecule has 4 rings (SSSR count). The summed E-state index contributed by atoms with van der Waals surface area (Å²) in [6.07, 6.45) is 11.4. The highest BCUT2D eigenvalue weighted by Gasteiger charge is 2.62. The fourth-order valence-corrected chi connectivity index (χ4v) is 6.17. The van der Waals surface area contributed by atoms with Gasteiger partial charge in [-0.2, -0.15) is 0 Å². The Hall–Kier alpha value is -1.05. The number of esters is 1. The second kappa shape index (κ2) is 4.47. The third kappa shape index (κ3) is 1.60. The van der Waals surface area contributed by atoms with E-state index >= 15 is 0 Å². The van der Waals surface area contributed by atoms with Crippen LogP contribution in [0.3, 0.4) is 0 Å². The molecule has 2 heteroatoms. The van der Waals surface area contributed by atoms with Crippen LogP contribution in [0.2, 0.25) is 0 Å². The molecule has 108 valence electrons. The smallest absolute Gasteiger partial charge is 0.330 e. The SMILES string of the molecule is C=CC(=O)OC(CC)C1CC2CC1C1C3C=CC(C3)C21. The van der Waals surface area contributed by atoms with E-state index in [9.17, 15) is 4.79 Å². The zero-order chi connectivity index (χ0) is 13.9. The van der Waals surface area contributed by atoms with Crippen molar-refractivity contribution in [2.24, 2.45) is 41.4 Å². The van der Waals surface area contributed by atoms with Gasteiger partial charge in [0.1, 0.15) is 6.10 Å². The molecular formula is C18H24O2. The van der Waals surface area contributed by atoms with Gasteiger partial charge in [0.25, 0.3) is 0 Å². The maximum absolute atomic E-state index is 11.5. The molecule has 0 heterocycles. The first-order valence-corrected chi connectivity index (χ1v) is 8.24. The van der Waals surface area contributed by atoms with E-state index in [1.807, 2.05) is 0 Å². The minimum absolute atomic E-state index is 0.111. The van der Waals surface area contributed by atoms with Crippen LogP contribution in [0.5, 0.6) is 0 Å². The number of hydrogen-bond acceptors (Lipinski definition) is 2. The fourth-order valence-electron chi connectivity index (χ4n) is 6.17. The van der Waals surface area contributed by atoms with Crippen molar-refractivity contribution in [3.8, 4) is 0 Å². The molecule has 8 atom stereocenters. The first-order chi connectivity index (χ1) is 9.72. The van der Waals surface area contributed by atoms with Crippen molar-refractivity contribution in [3.05, 3.63) is 24.8 Å². The largest absolute Gasteiger partial charge is 0.459 e. The zero-order valence-corrected chi connectivity index (χ0v) is 12.2. The van der Waals surface area contributed by atoms with Crippen LogP contribution >= 0.6 is 0 Å². The lowest BCUT2D eigenvalue weighted by Crippen LogP contribution is -2.38. The summed E-state index contributed by atoms with van der Waals surface area (Å²) >= 11 is 0. The second-order valence-corrected chi connectivity index (χ2v) is 7.25. The summed E-state index contributed by atoms with van der Waals surface area (Å²) in [5.41, 5.74) is 0. The van der Waals surface area contributed by atoms with Crippen molar-refractivity contribution >= 4 is 5.97 Å². The Morgan fingerprint density at radius 3 is 2.75 bits per heavy atom. The van der Waals surface area contributed by atoms with Gasteiger partial charge in [-0.3, -0.25) is 0 Å². The minimum atomic E-state index is -0.246. The minimum Gasteiger partial charge on any atom is -0.459 e. The van der Waals surface area contributed by atoms with Crippen LogP contribution in [0, 0.1) is 41.4 Å². The molecule has 4 aliphatic carbocycles. The number of carbonyl (C=O) groups excluding carboxylic acids is 1. The van der Waals surface area contributed by atoms with E-state index in [0.29, 0.717) is 5.92 Å². The predicted molar refractivity (Wildman–Crippen MR) is 77.8 cm³/mol. The number of fused-ring (bicyclic) bond motifs is 9. The molecule has 0 amide bonds. The van der Waals surface area contributed by atoms with Crippen molar-refractivity contribution in [1.82, 2.24) is 0 Å². The van der Waals surface area contributed by atoms with Gasteiger partial charge in [0, 0.05) is 6.08 Å². The molecule has 4 bridgehead atoms. The summed E-state index contributed by atoms with van der Waals surface area (Å²) in [4.78, 5) is 11.5. The molecule has 0 aliphatic heterocycles. The quantitative estimate of drug-likeness (QED) is 0.338. The summed E-state index contributed by atoms with van der Waals surface area (Å²) in [5.74, 6) is 5.60. The van der Waals surface area contributed by atoms with E-state index in [4.69, 9.17) is 4.74 Å². The van der Waals surface area contributed by atoms with Gasteiger partial charge in [-0.25, -0.2) is 4.79 Å². The molecule has 0 radical (unpaired) electrons. The summed E-state index contributed by atoms with van der Waals surface area (Å²) in [6.45, 7) is 5.67. The van der Waals surface area contributed by atoms with E-state index in [0.717, 1.165) is 41.9 Å². The Morgan fingerprint density at radius 2 is 2.05 bits per heavy atom.